The van der Waals surface area contributed by atoms with Crippen LogP contribution in [0.4, 0.5) is 0 Å². The number of aliphatic hydroxyl groups is 1. The summed E-state index contributed by atoms with van der Waals surface area (Å²) < 4.78 is 5.65. The Bertz CT molecular complexity index is 535. The maximum Gasteiger partial charge on any atom is 0.289 e. The fraction of sp³-hybridized carbons (Fsp3) is 0.688. The highest BCUT2D eigenvalue weighted by Crippen LogP contribution is 2.36. The average Bonchev–Trinajstić information content (AvgIpc) is 2.99. The van der Waals surface area contributed by atoms with Crippen LogP contribution in [0.2, 0.25) is 0 Å². The van der Waals surface area contributed by atoms with E-state index < -0.39 is 0 Å². The molecule has 0 radical (unpaired) electrons. The zero-order chi connectivity index (χ0) is 15.6. The molecule has 2 aliphatic rings. The zero-order valence-electron chi connectivity index (χ0n) is 13.4. The standard InChI is InChI=1S/C16H24N2O3S.ClH/c1-22-9-12-3-4-13(21-12)15(20)18-8-2-6-16(11-18)10-17-7-5-14(16)19;/h3-4,14,17,19H,2,5-11H2,1H3;1H/t14-,16-;/m0./s1. The number of nitrogens with one attached hydrogen (secondary N) is 1. The summed E-state index contributed by atoms with van der Waals surface area (Å²) in [6, 6.07) is 3.64. The van der Waals surface area contributed by atoms with Gasteiger partial charge in [-0.3, -0.25) is 4.79 Å². The quantitative estimate of drug-likeness (QED) is 0.864. The van der Waals surface area contributed by atoms with Gasteiger partial charge < -0.3 is 19.7 Å². The number of rotatable bonds is 3. The smallest absolute Gasteiger partial charge is 0.289 e. The van der Waals surface area contributed by atoms with Crippen LogP contribution >= 0.6 is 24.2 Å². The van der Waals surface area contributed by atoms with Crippen molar-refractivity contribution in [3.05, 3.63) is 23.7 Å². The van der Waals surface area contributed by atoms with Crippen LogP contribution < -0.4 is 5.32 Å². The molecular formula is C16H25ClN2O3S. The van der Waals surface area contributed by atoms with E-state index in [2.05, 4.69) is 5.32 Å². The molecule has 0 aromatic carbocycles. The van der Waals surface area contributed by atoms with Gasteiger partial charge >= 0.3 is 0 Å². The fourth-order valence-electron chi connectivity index (χ4n) is 3.62. The van der Waals surface area contributed by atoms with Gasteiger partial charge in [-0.2, -0.15) is 11.8 Å². The number of carbonyl (C=O) groups is 1. The highest BCUT2D eigenvalue weighted by Gasteiger charge is 2.44. The number of halogens is 1. The molecule has 1 aromatic heterocycles. The van der Waals surface area contributed by atoms with E-state index in [-0.39, 0.29) is 29.8 Å². The largest absolute Gasteiger partial charge is 0.455 e. The number of aliphatic hydroxyl groups excluding tert-OH is 1. The Morgan fingerprint density at radius 1 is 1.57 bits per heavy atom. The van der Waals surface area contributed by atoms with Crippen LogP contribution in [0.1, 0.15) is 35.6 Å². The summed E-state index contributed by atoms with van der Waals surface area (Å²) in [4.78, 5) is 14.5. The third-order valence-corrected chi connectivity index (χ3v) is 5.41. The predicted octanol–water partition coefficient (Wildman–Crippen LogP) is 2.14. The molecule has 2 fully saturated rings. The molecule has 1 aromatic rings. The van der Waals surface area contributed by atoms with Crippen LogP contribution in [-0.4, -0.2) is 54.5 Å². The van der Waals surface area contributed by atoms with Crippen molar-refractivity contribution in [3.63, 3.8) is 0 Å². The van der Waals surface area contributed by atoms with E-state index in [1.165, 1.54) is 0 Å². The van der Waals surface area contributed by atoms with E-state index in [0.717, 1.165) is 50.4 Å². The van der Waals surface area contributed by atoms with Gasteiger partial charge in [-0.25, -0.2) is 0 Å². The van der Waals surface area contributed by atoms with E-state index in [9.17, 15) is 9.90 Å². The molecule has 23 heavy (non-hydrogen) atoms. The van der Waals surface area contributed by atoms with E-state index >= 15 is 0 Å². The van der Waals surface area contributed by atoms with Crippen LogP contribution in [-0.2, 0) is 5.75 Å². The Morgan fingerprint density at radius 3 is 3.13 bits per heavy atom. The van der Waals surface area contributed by atoms with Crippen LogP contribution in [0.5, 0.6) is 0 Å². The average molecular weight is 361 g/mol. The van der Waals surface area contributed by atoms with Gasteiger partial charge in [-0.1, -0.05) is 0 Å². The lowest BCUT2D eigenvalue weighted by atomic mass is 9.72. The third kappa shape index (κ3) is 3.87. The topological polar surface area (TPSA) is 65.7 Å². The molecule has 0 aliphatic carbocycles. The van der Waals surface area contributed by atoms with E-state index in [1.54, 1.807) is 17.8 Å². The minimum absolute atomic E-state index is 0. The summed E-state index contributed by atoms with van der Waals surface area (Å²) >= 11 is 1.67. The maximum absolute atomic E-state index is 12.7. The van der Waals surface area contributed by atoms with Crippen molar-refractivity contribution in [1.29, 1.82) is 0 Å². The second-order valence-corrected chi connectivity index (χ2v) is 7.24. The number of amides is 1. The molecule has 2 atom stereocenters. The number of nitrogens with zero attached hydrogens (tertiary/aromatic N) is 1. The Balaban J connectivity index is 0.00000192. The summed E-state index contributed by atoms with van der Waals surface area (Å²) in [6.45, 7) is 2.99. The Kier molecular flexibility index (Phi) is 6.42. The number of thioether (sulfide) groups is 1. The molecule has 0 unspecified atom stereocenters. The maximum atomic E-state index is 12.7. The molecule has 2 aliphatic heterocycles. The SMILES string of the molecule is CSCc1ccc(C(=O)N2CCC[C@]3(CNCC[C@@H]3O)C2)o1.Cl. The number of hydrogen-bond donors (Lipinski definition) is 2. The van der Waals surface area contributed by atoms with Crippen molar-refractivity contribution < 1.29 is 14.3 Å². The normalized spacial score (nSPS) is 27.7. The summed E-state index contributed by atoms with van der Waals surface area (Å²) in [5.74, 6) is 1.98. The Morgan fingerprint density at radius 2 is 2.39 bits per heavy atom. The number of hydrogen-bond acceptors (Lipinski definition) is 5. The van der Waals surface area contributed by atoms with E-state index in [4.69, 9.17) is 4.42 Å². The molecular weight excluding hydrogens is 336 g/mol. The van der Waals surface area contributed by atoms with Crippen molar-refractivity contribution in [2.24, 2.45) is 5.41 Å². The van der Waals surface area contributed by atoms with Crippen molar-refractivity contribution in [2.45, 2.75) is 31.1 Å². The van der Waals surface area contributed by atoms with Crippen molar-refractivity contribution in [3.8, 4) is 0 Å². The molecule has 130 valence electrons. The van der Waals surface area contributed by atoms with Gasteiger partial charge in [-0.15, -0.1) is 12.4 Å². The van der Waals surface area contributed by atoms with Gasteiger partial charge in [0.25, 0.3) is 5.91 Å². The van der Waals surface area contributed by atoms with Crippen LogP contribution in [0.15, 0.2) is 16.5 Å². The minimum atomic E-state index is -0.326. The molecule has 7 heteroatoms. The predicted molar refractivity (Wildman–Crippen MR) is 94.2 cm³/mol. The molecule has 3 heterocycles. The monoisotopic (exact) mass is 360 g/mol. The Hall–Kier alpha value is -0.690. The fourth-order valence-corrected chi connectivity index (χ4v) is 4.06. The first-order chi connectivity index (χ1) is 10.6. The number of piperidine rings is 2. The van der Waals surface area contributed by atoms with Crippen molar-refractivity contribution in [2.75, 3.05) is 32.4 Å². The van der Waals surface area contributed by atoms with Crippen molar-refractivity contribution in [1.82, 2.24) is 10.2 Å². The van der Waals surface area contributed by atoms with Crippen LogP contribution in [0.25, 0.3) is 0 Å². The van der Waals surface area contributed by atoms with Gasteiger partial charge in [0.15, 0.2) is 5.76 Å². The summed E-state index contributed by atoms with van der Waals surface area (Å²) in [5.41, 5.74) is -0.194. The highest BCUT2D eigenvalue weighted by atomic mass is 35.5. The Labute approximate surface area is 147 Å². The number of likely N-dealkylation sites (tertiary alicyclic amines) is 1. The lowest BCUT2D eigenvalue weighted by molar-refractivity contribution is -0.0438. The first kappa shape index (κ1) is 18.6. The van der Waals surface area contributed by atoms with Gasteiger partial charge in [0.2, 0.25) is 0 Å². The zero-order valence-corrected chi connectivity index (χ0v) is 15.0. The van der Waals surface area contributed by atoms with Crippen LogP contribution in [0.3, 0.4) is 0 Å². The molecule has 1 spiro atoms. The summed E-state index contributed by atoms with van der Waals surface area (Å²) in [5, 5.41) is 13.8. The van der Waals surface area contributed by atoms with E-state index in [0.29, 0.717) is 12.3 Å². The van der Waals surface area contributed by atoms with E-state index in [1.807, 2.05) is 17.2 Å². The van der Waals surface area contributed by atoms with Crippen LogP contribution in [0, 0.1) is 5.41 Å². The minimum Gasteiger partial charge on any atom is -0.455 e. The molecule has 3 rings (SSSR count). The summed E-state index contributed by atoms with van der Waals surface area (Å²) in [7, 11) is 0. The second-order valence-electron chi connectivity index (χ2n) is 6.37. The van der Waals surface area contributed by atoms with Gasteiger partial charge in [0.05, 0.1) is 11.9 Å². The highest BCUT2D eigenvalue weighted by molar-refractivity contribution is 7.97. The first-order valence-electron chi connectivity index (χ1n) is 7.90. The molecule has 5 nitrogen and oxygen atoms in total. The lowest BCUT2D eigenvalue weighted by Crippen LogP contribution is -2.58. The molecule has 1 amide bonds. The molecule has 0 bridgehead atoms. The van der Waals surface area contributed by atoms with Gasteiger partial charge in [0.1, 0.15) is 5.76 Å². The van der Waals surface area contributed by atoms with Crippen molar-refractivity contribution >= 4 is 30.1 Å². The third-order valence-electron chi connectivity index (χ3n) is 4.83. The second kappa shape index (κ2) is 7.92. The molecule has 2 saturated heterocycles. The van der Waals surface area contributed by atoms with Gasteiger partial charge in [-0.05, 0) is 44.2 Å². The summed E-state index contributed by atoms with van der Waals surface area (Å²) in [6.07, 6.45) is 4.35. The number of carbonyl (C=O) groups excluding carboxylic acids is 1. The number of furan rings is 1. The molecule has 2 N–H and O–H groups in total. The van der Waals surface area contributed by atoms with Gasteiger partial charge in [0, 0.05) is 25.0 Å². The molecule has 0 saturated carbocycles. The first-order valence-corrected chi connectivity index (χ1v) is 9.30. The lowest BCUT2D eigenvalue weighted by Gasteiger charge is -2.48.